The number of hydrogen-bond acceptors (Lipinski definition) is 2. The monoisotopic (exact) mass is 161 g/mol. The van der Waals surface area contributed by atoms with Crippen LogP contribution in [0.1, 0.15) is 11.1 Å². The third-order valence-corrected chi connectivity index (χ3v) is 2.32. The summed E-state index contributed by atoms with van der Waals surface area (Å²) in [5.41, 5.74) is 10.1. The minimum Gasteiger partial charge on any atom is -0.398 e. The molecule has 0 aliphatic rings. The molecule has 0 spiro atoms. The van der Waals surface area contributed by atoms with Gasteiger partial charge in [0, 0.05) is 11.1 Å². The second-order valence-corrected chi connectivity index (χ2v) is 3.06. The molecule has 0 saturated carbocycles. The number of fused-ring (bicyclic) bond motifs is 1. The van der Waals surface area contributed by atoms with E-state index in [-0.39, 0.29) is 0 Å². The van der Waals surface area contributed by atoms with Gasteiger partial charge in [0.15, 0.2) is 0 Å². The third kappa shape index (κ3) is 0.794. The van der Waals surface area contributed by atoms with E-state index in [4.69, 9.17) is 5.73 Å². The Labute approximate surface area is 70.6 Å². The highest BCUT2D eigenvalue weighted by atomic mass is 15.1. The summed E-state index contributed by atoms with van der Waals surface area (Å²) in [5.74, 6) is 0. The van der Waals surface area contributed by atoms with Crippen molar-refractivity contribution in [2.24, 2.45) is 0 Å². The minimum atomic E-state index is 0.832. The zero-order valence-corrected chi connectivity index (χ0v) is 7.18. The molecular formula is C9H11N3. The molecule has 1 aromatic carbocycles. The van der Waals surface area contributed by atoms with Crippen LogP contribution in [-0.4, -0.2) is 10.2 Å². The SMILES string of the molecule is Cc1cc2[nH]ncc2c(N)c1C. The lowest BCUT2D eigenvalue weighted by atomic mass is 10.1. The maximum atomic E-state index is 5.90. The lowest BCUT2D eigenvalue weighted by Gasteiger charge is -2.04. The van der Waals surface area contributed by atoms with E-state index in [1.165, 1.54) is 5.56 Å². The topological polar surface area (TPSA) is 54.7 Å². The molecule has 1 heterocycles. The Morgan fingerprint density at radius 2 is 2.17 bits per heavy atom. The quantitative estimate of drug-likeness (QED) is 0.578. The first-order valence-electron chi connectivity index (χ1n) is 3.89. The van der Waals surface area contributed by atoms with E-state index in [2.05, 4.69) is 16.3 Å². The number of benzene rings is 1. The molecule has 2 rings (SSSR count). The second kappa shape index (κ2) is 2.24. The van der Waals surface area contributed by atoms with Crippen molar-refractivity contribution in [3.8, 4) is 0 Å². The molecule has 0 unspecified atom stereocenters. The summed E-state index contributed by atoms with van der Waals surface area (Å²) >= 11 is 0. The van der Waals surface area contributed by atoms with Gasteiger partial charge < -0.3 is 5.73 Å². The van der Waals surface area contributed by atoms with Gasteiger partial charge in [-0.05, 0) is 31.0 Å². The summed E-state index contributed by atoms with van der Waals surface area (Å²) < 4.78 is 0. The number of nitrogens with one attached hydrogen (secondary N) is 1. The van der Waals surface area contributed by atoms with Gasteiger partial charge >= 0.3 is 0 Å². The zero-order chi connectivity index (χ0) is 8.72. The van der Waals surface area contributed by atoms with Crippen molar-refractivity contribution in [1.29, 1.82) is 0 Å². The van der Waals surface area contributed by atoms with Crippen LogP contribution in [0.15, 0.2) is 12.3 Å². The van der Waals surface area contributed by atoms with Gasteiger partial charge in [-0.2, -0.15) is 5.10 Å². The van der Waals surface area contributed by atoms with Crippen LogP contribution in [-0.2, 0) is 0 Å². The van der Waals surface area contributed by atoms with Crippen LogP contribution in [0.25, 0.3) is 10.9 Å². The zero-order valence-electron chi connectivity index (χ0n) is 7.18. The number of rotatable bonds is 0. The Hall–Kier alpha value is -1.51. The van der Waals surface area contributed by atoms with E-state index in [0.717, 1.165) is 22.2 Å². The molecule has 0 bridgehead atoms. The predicted octanol–water partition coefficient (Wildman–Crippen LogP) is 1.76. The Morgan fingerprint density at radius 1 is 1.42 bits per heavy atom. The molecule has 3 N–H and O–H groups in total. The molecule has 0 atom stereocenters. The number of nitrogen functional groups attached to an aromatic ring is 1. The maximum Gasteiger partial charge on any atom is 0.0673 e. The van der Waals surface area contributed by atoms with Crippen LogP contribution in [0.3, 0.4) is 0 Å². The van der Waals surface area contributed by atoms with E-state index in [9.17, 15) is 0 Å². The number of nitrogens with two attached hydrogens (primary N) is 1. The molecule has 0 amide bonds. The van der Waals surface area contributed by atoms with Crippen LogP contribution >= 0.6 is 0 Å². The van der Waals surface area contributed by atoms with E-state index in [1.807, 2.05) is 13.8 Å². The van der Waals surface area contributed by atoms with Gasteiger partial charge in [0.1, 0.15) is 0 Å². The number of H-pyrrole nitrogens is 1. The molecule has 62 valence electrons. The van der Waals surface area contributed by atoms with Crippen LogP contribution in [0.2, 0.25) is 0 Å². The largest absolute Gasteiger partial charge is 0.398 e. The van der Waals surface area contributed by atoms with Crippen LogP contribution in [0.4, 0.5) is 5.69 Å². The molecule has 3 heteroatoms. The van der Waals surface area contributed by atoms with Crippen molar-refractivity contribution >= 4 is 16.6 Å². The lowest BCUT2D eigenvalue weighted by molar-refractivity contribution is 1.12. The first kappa shape index (κ1) is 7.16. The van der Waals surface area contributed by atoms with Gasteiger partial charge in [-0.15, -0.1) is 0 Å². The predicted molar refractivity (Wildman–Crippen MR) is 50.0 cm³/mol. The average molecular weight is 161 g/mol. The Morgan fingerprint density at radius 3 is 2.92 bits per heavy atom. The van der Waals surface area contributed by atoms with Crippen LogP contribution in [0.5, 0.6) is 0 Å². The smallest absolute Gasteiger partial charge is 0.0673 e. The summed E-state index contributed by atoms with van der Waals surface area (Å²) in [6.45, 7) is 4.07. The Kier molecular flexibility index (Phi) is 1.33. The van der Waals surface area contributed by atoms with E-state index in [0.29, 0.717) is 0 Å². The van der Waals surface area contributed by atoms with E-state index < -0.39 is 0 Å². The summed E-state index contributed by atoms with van der Waals surface area (Å²) in [4.78, 5) is 0. The highest BCUT2D eigenvalue weighted by Gasteiger charge is 2.04. The Bertz CT molecular complexity index is 429. The van der Waals surface area contributed by atoms with Gasteiger partial charge in [0.05, 0.1) is 11.7 Å². The van der Waals surface area contributed by atoms with E-state index >= 15 is 0 Å². The van der Waals surface area contributed by atoms with Crippen molar-refractivity contribution in [3.63, 3.8) is 0 Å². The minimum absolute atomic E-state index is 0.832. The standard InChI is InChI=1S/C9H11N3/c1-5-3-8-7(4-11-12-8)9(10)6(5)2/h3-4H,10H2,1-2H3,(H,11,12). The molecular weight excluding hydrogens is 150 g/mol. The molecule has 2 aromatic rings. The summed E-state index contributed by atoms with van der Waals surface area (Å²) in [6, 6.07) is 2.06. The van der Waals surface area contributed by atoms with Crippen molar-refractivity contribution in [2.75, 3.05) is 5.73 Å². The molecule has 3 nitrogen and oxygen atoms in total. The molecule has 0 aliphatic carbocycles. The van der Waals surface area contributed by atoms with Gasteiger partial charge in [0.2, 0.25) is 0 Å². The lowest BCUT2D eigenvalue weighted by Crippen LogP contribution is -1.92. The fraction of sp³-hybridized carbons (Fsp3) is 0.222. The van der Waals surface area contributed by atoms with Gasteiger partial charge in [-0.1, -0.05) is 0 Å². The number of nitrogens with zero attached hydrogens (tertiary/aromatic N) is 1. The third-order valence-electron chi connectivity index (χ3n) is 2.32. The number of aryl methyl sites for hydroxylation is 1. The van der Waals surface area contributed by atoms with Gasteiger partial charge in [-0.3, -0.25) is 5.10 Å². The molecule has 12 heavy (non-hydrogen) atoms. The van der Waals surface area contributed by atoms with Gasteiger partial charge in [0.25, 0.3) is 0 Å². The summed E-state index contributed by atoms with van der Waals surface area (Å²) in [6.07, 6.45) is 1.76. The number of aromatic nitrogens is 2. The highest BCUT2D eigenvalue weighted by Crippen LogP contribution is 2.25. The molecule has 0 fully saturated rings. The fourth-order valence-corrected chi connectivity index (χ4v) is 1.36. The normalized spacial score (nSPS) is 10.8. The highest BCUT2D eigenvalue weighted by molar-refractivity contribution is 5.92. The summed E-state index contributed by atoms with van der Waals surface area (Å²) in [7, 11) is 0. The van der Waals surface area contributed by atoms with Crippen LogP contribution < -0.4 is 5.73 Å². The number of aromatic amines is 1. The van der Waals surface area contributed by atoms with Crippen molar-refractivity contribution in [3.05, 3.63) is 23.4 Å². The number of hydrogen-bond donors (Lipinski definition) is 2. The molecule has 1 aromatic heterocycles. The fourth-order valence-electron chi connectivity index (χ4n) is 1.36. The Balaban J connectivity index is 2.94. The number of anilines is 1. The van der Waals surface area contributed by atoms with Crippen LogP contribution in [0, 0.1) is 13.8 Å². The first-order chi connectivity index (χ1) is 5.70. The molecule has 0 saturated heterocycles. The molecule has 0 radical (unpaired) electrons. The van der Waals surface area contributed by atoms with Crippen molar-refractivity contribution in [1.82, 2.24) is 10.2 Å². The van der Waals surface area contributed by atoms with E-state index in [1.54, 1.807) is 6.20 Å². The molecule has 0 aliphatic heterocycles. The summed E-state index contributed by atoms with van der Waals surface area (Å²) in [5, 5.41) is 7.85. The average Bonchev–Trinajstić information content (AvgIpc) is 2.48. The van der Waals surface area contributed by atoms with Crippen molar-refractivity contribution in [2.45, 2.75) is 13.8 Å². The first-order valence-corrected chi connectivity index (χ1v) is 3.89. The second-order valence-electron chi connectivity index (χ2n) is 3.06. The van der Waals surface area contributed by atoms with Gasteiger partial charge in [-0.25, -0.2) is 0 Å². The van der Waals surface area contributed by atoms with Crippen molar-refractivity contribution < 1.29 is 0 Å². The maximum absolute atomic E-state index is 5.90.